The van der Waals surface area contributed by atoms with Crippen molar-refractivity contribution < 1.29 is 4.79 Å². The lowest BCUT2D eigenvalue weighted by atomic mass is 10.0. The molecule has 1 saturated heterocycles. The molecular weight excluding hydrogens is 350 g/mol. The number of nitrogens with zero attached hydrogens (tertiary/aromatic N) is 6. The first kappa shape index (κ1) is 16.8. The summed E-state index contributed by atoms with van der Waals surface area (Å²) in [6.07, 6.45) is 4.69. The highest BCUT2D eigenvalue weighted by atomic mass is 32.1. The fourth-order valence-electron chi connectivity index (χ4n) is 3.15. The maximum Gasteiger partial charge on any atom is 0.243 e. The Labute approximate surface area is 154 Å². The van der Waals surface area contributed by atoms with E-state index >= 15 is 0 Å². The Kier molecular flexibility index (Phi) is 4.72. The summed E-state index contributed by atoms with van der Waals surface area (Å²) < 4.78 is 1.59. The first-order chi connectivity index (χ1) is 12.7. The van der Waals surface area contributed by atoms with Crippen LogP contribution in [0.5, 0.6) is 0 Å². The Morgan fingerprint density at radius 1 is 1.35 bits per heavy atom. The van der Waals surface area contributed by atoms with Crippen molar-refractivity contribution in [3.63, 3.8) is 0 Å². The maximum absolute atomic E-state index is 12.5. The molecule has 1 fully saturated rings. The van der Waals surface area contributed by atoms with E-state index in [4.69, 9.17) is 0 Å². The number of hydrogen-bond donors (Lipinski definition) is 1. The Morgan fingerprint density at radius 3 is 3.08 bits per heavy atom. The van der Waals surface area contributed by atoms with Crippen molar-refractivity contribution in [2.75, 3.05) is 18.9 Å². The number of rotatable bonds is 4. The molecule has 0 bridgehead atoms. The molecule has 0 saturated carbocycles. The largest absolute Gasteiger partial charge is 0.301 e. The number of piperidine rings is 1. The highest BCUT2D eigenvalue weighted by molar-refractivity contribution is 7.14. The summed E-state index contributed by atoms with van der Waals surface area (Å²) in [4.78, 5) is 19.2. The fourth-order valence-corrected chi connectivity index (χ4v) is 3.87. The number of aromatic nitrogens is 5. The second-order valence-corrected chi connectivity index (χ2v) is 7.18. The van der Waals surface area contributed by atoms with Crippen LogP contribution in [0, 0.1) is 0 Å². The molecule has 1 N–H and O–H groups in total. The van der Waals surface area contributed by atoms with Gasteiger partial charge in [0.15, 0.2) is 5.13 Å². The summed E-state index contributed by atoms with van der Waals surface area (Å²) in [6, 6.07) is 7.73. The molecule has 0 unspecified atom stereocenters. The van der Waals surface area contributed by atoms with Crippen LogP contribution in [0.4, 0.5) is 5.13 Å². The van der Waals surface area contributed by atoms with E-state index in [0.29, 0.717) is 5.13 Å². The normalized spacial score (nSPS) is 18.0. The van der Waals surface area contributed by atoms with Crippen LogP contribution < -0.4 is 5.32 Å². The molecule has 134 valence electrons. The monoisotopic (exact) mass is 369 g/mol. The van der Waals surface area contributed by atoms with Crippen molar-refractivity contribution in [3.8, 4) is 16.9 Å². The van der Waals surface area contributed by atoms with Crippen molar-refractivity contribution in [2.45, 2.75) is 25.3 Å². The standard InChI is InChI=1S/C17H19N7OS/c1-23-8-3-2-7-15(23)16(25)20-17-19-14(10-26-17)12-5-4-6-13(9-12)24-11-18-21-22-24/h4-6,9-11,15H,2-3,7-8H2,1H3,(H,19,20,25)/t15-/m1/s1. The number of carbonyl (C=O) groups excluding carboxylic acids is 1. The van der Waals surface area contributed by atoms with Gasteiger partial charge >= 0.3 is 0 Å². The molecule has 9 heteroatoms. The maximum atomic E-state index is 12.5. The van der Waals surface area contributed by atoms with Crippen LogP contribution in [0.25, 0.3) is 16.9 Å². The Balaban J connectivity index is 1.50. The van der Waals surface area contributed by atoms with Crippen molar-refractivity contribution in [2.24, 2.45) is 0 Å². The smallest absolute Gasteiger partial charge is 0.243 e. The van der Waals surface area contributed by atoms with Gasteiger partial charge in [0, 0.05) is 10.9 Å². The van der Waals surface area contributed by atoms with Crippen molar-refractivity contribution in [1.82, 2.24) is 30.1 Å². The van der Waals surface area contributed by atoms with E-state index in [1.54, 1.807) is 11.0 Å². The van der Waals surface area contributed by atoms with Crippen LogP contribution in [-0.2, 0) is 4.79 Å². The number of tetrazole rings is 1. The molecule has 26 heavy (non-hydrogen) atoms. The molecule has 1 atom stereocenters. The van der Waals surface area contributed by atoms with Gasteiger partial charge in [-0.3, -0.25) is 9.69 Å². The predicted molar refractivity (Wildman–Crippen MR) is 99.2 cm³/mol. The number of carbonyl (C=O) groups is 1. The Hall–Kier alpha value is -2.65. The van der Waals surface area contributed by atoms with Gasteiger partial charge in [0.25, 0.3) is 0 Å². The van der Waals surface area contributed by atoms with Crippen LogP contribution in [0.2, 0.25) is 0 Å². The van der Waals surface area contributed by atoms with Crippen LogP contribution >= 0.6 is 11.3 Å². The average molecular weight is 369 g/mol. The van der Waals surface area contributed by atoms with Crippen LogP contribution in [-0.4, -0.2) is 55.6 Å². The summed E-state index contributed by atoms with van der Waals surface area (Å²) in [5, 5.41) is 16.7. The molecule has 3 heterocycles. The van der Waals surface area contributed by atoms with Gasteiger partial charge in [-0.05, 0) is 49.0 Å². The van der Waals surface area contributed by atoms with E-state index in [2.05, 4.69) is 30.7 Å². The number of anilines is 1. The molecule has 1 aliphatic rings. The first-order valence-electron chi connectivity index (χ1n) is 8.51. The number of benzene rings is 1. The molecule has 4 rings (SSSR count). The minimum absolute atomic E-state index is 0.0236. The third kappa shape index (κ3) is 3.49. The third-order valence-electron chi connectivity index (χ3n) is 4.56. The molecule has 2 aromatic heterocycles. The predicted octanol–water partition coefficient (Wildman–Crippen LogP) is 2.21. The summed E-state index contributed by atoms with van der Waals surface area (Å²) in [5.41, 5.74) is 2.62. The lowest BCUT2D eigenvalue weighted by Crippen LogP contribution is -2.44. The van der Waals surface area contributed by atoms with E-state index < -0.39 is 0 Å². The number of likely N-dealkylation sites (tertiary alicyclic amines) is 1. The van der Waals surface area contributed by atoms with E-state index in [0.717, 1.165) is 42.8 Å². The molecule has 8 nitrogen and oxygen atoms in total. The first-order valence-corrected chi connectivity index (χ1v) is 9.39. The van der Waals surface area contributed by atoms with Gasteiger partial charge in [-0.25, -0.2) is 9.67 Å². The van der Waals surface area contributed by atoms with E-state index in [1.165, 1.54) is 11.3 Å². The van der Waals surface area contributed by atoms with Crippen LogP contribution in [0.1, 0.15) is 19.3 Å². The highest BCUT2D eigenvalue weighted by Gasteiger charge is 2.26. The fraction of sp³-hybridized carbons (Fsp3) is 0.353. The molecule has 1 aliphatic heterocycles. The lowest BCUT2D eigenvalue weighted by molar-refractivity contribution is -0.121. The highest BCUT2D eigenvalue weighted by Crippen LogP contribution is 2.27. The average Bonchev–Trinajstić information content (AvgIpc) is 3.34. The van der Waals surface area contributed by atoms with Gasteiger partial charge < -0.3 is 5.32 Å². The van der Waals surface area contributed by atoms with E-state index in [1.807, 2.05) is 36.7 Å². The summed E-state index contributed by atoms with van der Waals surface area (Å²) >= 11 is 1.43. The SMILES string of the molecule is CN1CCCC[C@@H]1C(=O)Nc1nc(-c2cccc(-n3cnnn3)c2)cs1. The van der Waals surface area contributed by atoms with Crippen LogP contribution in [0.3, 0.4) is 0 Å². The lowest BCUT2D eigenvalue weighted by Gasteiger charge is -2.30. The molecule has 3 aromatic rings. The van der Waals surface area contributed by atoms with Gasteiger partial charge in [0.2, 0.25) is 5.91 Å². The summed E-state index contributed by atoms with van der Waals surface area (Å²) in [5.74, 6) is 0.0236. The van der Waals surface area contributed by atoms with Gasteiger partial charge in [0.05, 0.1) is 17.4 Å². The third-order valence-corrected chi connectivity index (χ3v) is 5.32. The molecular formula is C17H19N7OS. The number of likely N-dealkylation sites (N-methyl/N-ethyl adjacent to an activating group) is 1. The van der Waals surface area contributed by atoms with Gasteiger partial charge in [0.1, 0.15) is 6.33 Å². The minimum Gasteiger partial charge on any atom is -0.301 e. The van der Waals surface area contributed by atoms with Gasteiger partial charge in [-0.1, -0.05) is 18.6 Å². The molecule has 1 aromatic carbocycles. The topological polar surface area (TPSA) is 88.8 Å². The summed E-state index contributed by atoms with van der Waals surface area (Å²) in [7, 11) is 2.00. The Bertz CT molecular complexity index is 892. The molecule has 0 radical (unpaired) electrons. The van der Waals surface area contributed by atoms with E-state index in [-0.39, 0.29) is 11.9 Å². The zero-order chi connectivity index (χ0) is 17.9. The minimum atomic E-state index is -0.0701. The van der Waals surface area contributed by atoms with Crippen LogP contribution in [0.15, 0.2) is 36.0 Å². The second kappa shape index (κ2) is 7.30. The quantitative estimate of drug-likeness (QED) is 0.758. The Morgan fingerprint density at radius 2 is 2.27 bits per heavy atom. The second-order valence-electron chi connectivity index (χ2n) is 6.32. The van der Waals surface area contributed by atoms with Gasteiger partial charge in [-0.2, -0.15) is 0 Å². The molecule has 1 amide bonds. The number of thiazole rings is 1. The number of nitrogens with one attached hydrogen (secondary N) is 1. The van der Waals surface area contributed by atoms with E-state index in [9.17, 15) is 4.79 Å². The zero-order valence-electron chi connectivity index (χ0n) is 14.4. The van der Waals surface area contributed by atoms with Crippen molar-refractivity contribution in [1.29, 1.82) is 0 Å². The summed E-state index contributed by atoms with van der Waals surface area (Å²) in [6.45, 7) is 0.963. The van der Waals surface area contributed by atoms with Gasteiger partial charge in [-0.15, -0.1) is 16.4 Å². The van der Waals surface area contributed by atoms with Crippen molar-refractivity contribution >= 4 is 22.4 Å². The molecule has 0 spiro atoms. The number of hydrogen-bond acceptors (Lipinski definition) is 7. The zero-order valence-corrected chi connectivity index (χ0v) is 15.2. The molecule has 0 aliphatic carbocycles. The number of amides is 1. The van der Waals surface area contributed by atoms with Crippen molar-refractivity contribution in [3.05, 3.63) is 36.0 Å².